The molecule has 0 radical (unpaired) electrons. The van der Waals surface area contributed by atoms with Gasteiger partial charge in [-0.2, -0.15) is 13.2 Å². The Balaban J connectivity index is 1.79. The van der Waals surface area contributed by atoms with Gasteiger partial charge in [-0.3, -0.25) is 4.79 Å². The Hall–Kier alpha value is -2.66. The fraction of sp³-hybridized carbons (Fsp3) is 0.320. The standard InChI is InChI=1S/C25H25F3O2/c1-17-12-19(15-24(29)20-7-3-4-8-20)10-11-23(17)21(16-30-2)13-18-6-5-9-22(14-18)25(26,27)28/h3,5-12,14,21H,4,13,15-16H2,1-2H3. The number of alkyl halides is 3. The monoisotopic (exact) mass is 414 g/mol. The molecule has 0 heterocycles. The van der Waals surface area contributed by atoms with Crippen LogP contribution in [0.15, 0.2) is 66.3 Å². The van der Waals surface area contributed by atoms with Gasteiger partial charge in [-0.05, 0) is 48.1 Å². The molecule has 2 aromatic rings. The molecular weight excluding hydrogens is 389 g/mol. The number of ketones is 1. The summed E-state index contributed by atoms with van der Waals surface area (Å²) in [4.78, 5) is 12.4. The van der Waals surface area contributed by atoms with Crippen LogP contribution in [0.3, 0.4) is 0 Å². The maximum Gasteiger partial charge on any atom is 0.416 e. The van der Waals surface area contributed by atoms with Gasteiger partial charge in [-0.1, -0.05) is 54.6 Å². The largest absolute Gasteiger partial charge is 0.416 e. The van der Waals surface area contributed by atoms with Gasteiger partial charge >= 0.3 is 6.18 Å². The first-order valence-corrected chi connectivity index (χ1v) is 9.92. The van der Waals surface area contributed by atoms with Gasteiger partial charge in [0.15, 0.2) is 5.78 Å². The molecule has 0 bridgehead atoms. The van der Waals surface area contributed by atoms with E-state index in [4.69, 9.17) is 4.74 Å². The second kappa shape index (κ2) is 9.43. The van der Waals surface area contributed by atoms with Crippen LogP contribution in [0.25, 0.3) is 0 Å². The lowest BCUT2D eigenvalue weighted by molar-refractivity contribution is -0.137. The fourth-order valence-electron chi connectivity index (χ4n) is 3.88. The minimum atomic E-state index is -4.36. The van der Waals surface area contributed by atoms with Gasteiger partial charge in [0.1, 0.15) is 0 Å². The van der Waals surface area contributed by atoms with Crippen molar-refractivity contribution in [2.75, 3.05) is 13.7 Å². The third-order valence-corrected chi connectivity index (χ3v) is 5.34. The van der Waals surface area contributed by atoms with E-state index in [2.05, 4.69) is 0 Å². The summed E-state index contributed by atoms with van der Waals surface area (Å²) in [5.41, 5.74) is 3.68. The molecule has 0 aromatic heterocycles. The summed E-state index contributed by atoms with van der Waals surface area (Å²) in [6, 6.07) is 11.3. The third kappa shape index (κ3) is 5.48. The van der Waals surface area contributed by atoms with Crippen molar-refractivity contribution in [1.29, 1.82) is 0 Å². The normalized spacial score (nSPS) is 14.6. The van der Waals surface area contributed by atoms with Crippen LogP contribution in [0.5, 0.6) is 0 Å². The van der Waals surface area contributed by atoms with Crippen LogP contribution in [0.4, 0.5) is 13.2 Å². The SMILES string of the molecule is COCC(Cc1cccc(C(F)(F)F)c1)c1ccc(CC(=O)C2=CCC=C2)cc1C. The van der Waals surface area contributed by atoms with E-state index >= 15 is 0 Å². The van der Waals surface area contributed by atoms with Crippen molar-refractivity contribution in [3.8, 4) is 0 Å². The lowest BCUT2D eigenvalue weighted by Crippen LogP contribution is -2.13. The number of rotatable bonds is 8. The lowest BCUT2D eigenvalue weighted by Gasteiger charge is -2.20. The number of carbonyl (C=O) groups is 1. The summed E-state index contributed by atoms with van der Waals surface area (Å²) in [7, 11) is 1.59. The molecule has 0 amide bonds. The number of methoxy groups -OCH3 is 1. The average molecular weight is 414 g/mol. The zero-order chi connectivity index (χ0) is 21.7. The number of halogens is 3. The smallest absolute Gasteiger partial charge is 0.384 e. The predicted molar refractivity (Wildman–Crippen MR) is 111 cm³/mol. The third-order valence-electron chi connectivity index (χ3n) is 5.34. The Bertz CT molecular complexity index is 971. The van der Waals surface area contributed by atoms with Crippen molar-refractivity contribution in [3.63, 3.8) is 0 Å². The van der Waals surface area contributed by atoms with Gasteiger partial charge < -0.3 is 4.74 Å². The van der Waals surface area contributed by atoms with Crippen molar-refractivity contribution < 1.29 is 22.7 Å². The van der Waals surface area contributed by atoms with Crippen LogP contribution in [-0.2, 0) is 28.5 Å². The van der Waals surface area contributed by atoms with Crippen molar-refractivity contribution >= 4 is 5.78 Å². The van der Waals surface area contributed by atoms with E-state index in [9.17, 15) is 18.0 Å². The minimum absolute atomic E-state index is 0.0799. The number of aryl methyl sites for hydroxylation is 1. The molecule has 0 spiro atoms. The van der Waals surface area contributed by atoms with Gasteiger partial charge in [0, 0.05) is 25.0 Å². The van der Waals surface area contributed by atoms with Crippen molar-refractivity contribution in [2.24, 2.45) is 0 Å². The number of hydrogen-bond acceptors (Lipinski definition) is 2. The van der Waals surface area contributed by atoms with Crippen molar-refractivity contribution in [3.05, 3.63) is 94.1 Å². The Morgan fingerprint density at radius 2 is 1.93 bits per heavy atom. The highest BCUT2D eigenvalue weighted by Crippen LogP contribution is 2.31. The molecule has 0 aliphatic heterocycles. The van der Waals surface area contributed by atoms with E-state index in [0.29, 0.717) is 25.0 Å². The number of hydrogen-bond donors (Lipinski definition) is 0. The van der Waals surface area contributed by atoms with E-state index in [1.807, 2.05) is 43.4 Å². The molecule has 158 valence electrons. The first-order chi connectivity index (χ1) is 14.3. The van der Waals surface area contributed by atoms with E-state index in [-0.39, 0.29) is 11.7 Å². The highest BCUT2D eigenvalue weighted by molar-refractivity contribution is 5.99. The molecule has 5 heteroatoms. The van der Waals surface area contributed by atoms with E-state index in [1.165, 1.54) is 12.1 Å². The van der Waals surface area contributed by atoms with Gasteiger partial charge in [0.25, 0.3) is 0 Å². The quantitative estimate of drug-likeness (QED) is 0.531. The highest BCUT2D eigenvalue weighted by Gasteiger charge is 2.30. The van der Waals surface area contributed by atoms with E-state index < -0.39 is 11.7 Å². The van der Waals surface area contributed by atoms with Gasteiger partial charge in [0.05, 0.1) is 12.2 Å². The Morgan fingerprint density at radius 3 is 2.57 bits per heavy atom. The molecule has 1 aliphatic carbocycles. The number of benzene rings is 2. The zero-order valence-electron chi connectivity index (χ0n) is 17.1. The molecule has 1 aliphatic rings. The summed E-state index contributed by atoms with van der Waals surface area (Å²) in [6.45, 7) is 2.36. The summed E-state index contributed by atoms with van der Waals surface area (Å²) >= 11 is 0. The summed E-state index contributed by atoms with van der Waals surface area (Å²) < 4.78 is 44.5. The molecular formula is C25H25F3O2. The Labute approximate surface area is 175 Å². The van der Waals surface area contributed by atoms with Crippen LogP contribution >= 0.6 is 0 Å². The average Bonchev–Trinajstić information content (AvgIpc) is 3.22. The molecule has 30 heavy (non-hydrogen) atoms. The summed E-state index contributed by atoms with van der Waals surface area (Å²) in [5, 5.41) is 0. The Kier molecular flexibility index (Phi) is 6.93. The molecule has 3 rings (SSSR count). The van der Waals surface area contributed by atoms with Gasteiger partial charge in [0.2, 0.25) is 0 Å². The Morgan fingerprint density at radius 1 is 1.13 bits per heavy atom. The number of ether oxygens (including phenoxy) is 1. The first kappa shape index (κ1) is 22.0. The van der Waals surface area contributed by atoms with E-state index in [1.54, 1.807) is 13.2 Å². The second-order valence-corrected chi connectivity index (χ2v) is 7.64. The van der Waals surface area contributed by atoms with Crippen LogP contribution in [-0.4, -0.2) is 19.5 Å². The molecule has 1 unspecified atom stereocenters. The molecule has 0 fully saturated rings. The number of carbonyl (C=O) groups excluding carboxylic acids is 1. The summed E-state index contributed by atoms with van der Waals surface area (Å²) in [6.07, 6.45) is 2.95. The van der Waals surface area contributed by atoms with Crippen LogP contribution in [0, 0.1) is 6.92 Å². The number of Topliss-reactive ketones (excluding diaryl/α,β-unsaturated/α-hetero) is 1. The maximum absolute atomic E-state index is 13.0. The maximum atomic E-state index is 13.0. The molecule has 1 atom stereocenters. The molecule has 0 N–H and O–H groups in total. The first-order valence-electron chi connectivity index (χ1n) is 9.92. The fourth-order valence-corrected chi connectivity index (χ4v) is 3.88. The molecule has 0 saturated heterocycles. The van der Waals surface area contributed by atoms with Gasteiger partial charge in [-0.15, -0.1) is 0 Å². The second-order valence-electron chi connectivity index (χ2n) is 7.64. The molecule has 2 nitrogen and oxygen atoms in total. The van der Waals surface area contributed by atoms with Crippen molar-refractivity contribution in [1.82, 2.24) is 0 Å². The molecule has 0 saturated carbocycles. The lowest BCUT2D eigenvalue weighted by atomic mass is 9.88. The van der Waals surface area contributed by atoms with Crippen LogP contribution in [0.2, 0.25) is 0 Å². The molecule has 2 aromatic carbocycles. The van der Waals surface area contributed by atoms with Crippen LogP contribution < -0.4 is 0 Å². The van der Waals surface area contributed by atoms with Gasteiger partial charge in [-0.25, -0.2) is 0 Å². The summed E-state index contributed by atoms with van der Waals surface area (Å²) in [5.74, 6) is 0.0111. The van der Waals surface area contributed by atoms with Crippen molar-refractivity contribution in [2.45, 2.75) is 38.3 Å². The number of allylic oxidation sites excluding steroid dienone is 4. The van der Waals surface area contributed by atoms with Crippen LogP contribution in [0.1, 0.15) is 40.2 Å². The minimum Gasteiger partial charge on any atom is -0.384 e. The predicted octanol–water partition coefficient (Wildman–Crippen LogP) is 5.98. The van der Waals surface area contributed by atoms with E-state index in [0.717, 1.165) is 34.8 Å². The zero-order valence-corrected chi connectivity index (χ0v) is 17.1. The topological polar surface area (TPSA) is 26.3 Å². The highest BCUT2D eigenvalue weighted by atomic mass is 19.4.